The number of aliphatic hydroxyl groups excluding tert-OH is 6. The topological polar surface area (TPSA) is 160 Å². The van der Waals surface area contributed by atoms with Gasteiger partial charge in [0.2, 0.25) is 0 Å². The van der Waals surface area contributed by atoms with E-state index < -0.39 is 60.5 Å². The minimum Gasteiger partial charge on any atom is -0.394 e. The molecular weight excluding hydrogens is 576 g/mol. The van der Waals surface area contributed by atoms with E-state index in [1.807, 2.05) is 0 Å². The first kappa shape index (κ1) is 35.7. The molecule has 4 aliphatic carbocycles. The average Bonchev–Trinajstić information content (AvgIpc) is 3.23. The van der Waals surface area contributed by atoms with Crippen LogP contribution < -0.4 is 0 Å². The Morgan fingerprint density at radius 3 is 2.24 bits per heavy atom. The normalized spacial score (nSPS) is 49.4. The van der Waals surface area contributed by atoms with Crippen LogP contribution >= 0.6 is 0 Å². The van der Waals surface area contributed by atoms with Gasteiger partial charge in [-0.05, 0) is 99.7 Å². The Morgan fingerprint density at radius 2 is 1.62 bits per heavy atom. The summed E-state index contributed by atoms with van der Waals surface area (Å²) in [7, 11) is 0. The van der Waals surface area contributed by atoms with Crippen LogP contribution in [0.1, 0.15) is 107 Å². The molecular formula is C36H62O9. The minimum absolute atomic E-state index is 0.0417. The van der Waals surface area contributed by atoms with Crippen molar-refractivity contribution in [2.24, 2.45) is 45.3 Å². The summed E-state index contributed by atoms with van der Waals surface area (Å²) >= 11 is 0. The van der Waals surface area contributed by atoms with Crippen molar-refractivity contribution in [2.75, 3.05) is 6.61 Å². The van der Waals surface area contributed by atoms with Gasteiger partial charge in [0.15, 0.2) is 6.29 Å². The van der Waals surface area contributed by atoms with Crippen molar-refractivity contribution >= 4 is 0 Å². The molecule has 45 heavy (non-hydrogen) atoms. The zero-order valence-corrected chi connectivity index (χ0v) is 28.8. The first-order valence-electron chi connectivity index (χ1n) is 17.5. The Kier molecular flexibility index (Phi) is 9.56. The van der Waals surface area contributed by atoms with Crippen molar-refractivity contribution < 1.29 is 45.2 Å². The number of rotatable bonds is 8. The first-order valence-corrected chi connectivity index (χ1v) is 17.5. The van der Waals surface area contributed by atoms with Gasteiger partial charge in [0, 0.05) is 10.8 Å². The molecule has 5 rings (SSSR count). The highest BCUT2D eigenvalue weighted by Gasteiger charge is 2.70. The van der Waals surface area contributed by atoms with Crippen LogP contribution in [0, 0.1) is 45.3 Å². The molecule has 0 aromatic carbocycles. The molecule has 0 aromatic rings. The molecule has 4 fully saturated rings. The molecule has 0 bridgehead atoms. The SMILES string of the molecule is C[C@H](CC[C@@H](O)C(C)(C)O)[C@H]1CC[C@@]2(C)C3CC=C4[C@@H](CC[C@H](O[C@@H]5O[C@H](CO)[C@@H](O)[C@H](O)[C@H]5O)C4(C)C)[C@]3(C)[C@H](O)C[C@]12C. The van der Waals surface area contributed by atoms with Gasteiger partial charge in [-0.15, -0.1) is 0 Å². The van der Waals surface area contributed by atoms with E-state index in [1.165, 1.54) is 5.57 Å². The molecule has 9 nitrogen and oxygen atoms in total. The van der Waals surface area contributed by atoms with Crippen molar-refractivity contribution in [2.45, 2.75) is 161 Å². The zero-order valence-electron chi connectivity index (χ0n) is 28.8. The number of hydrogen-bond acceptors (Lipinski definition) is 9. The molecule has 15 atom stereocenters. The molecule has 0 spiro atoms. The summed E-state index contributed by atoms with van der Waals surface area (Å²) in [5.74, 6) is 1.29. The quantitative estimate of drug-likeness (QED) is 0.198. The number of allylic oxidation sites excluding steroid dienone is 1. The average molecular weight is 639 g/mol. The van der Waals surface area contributed by atoms with Crippen molar-refractivity contribution in [3.63, 3.8) is 0 Å². The van der Waals surface area contributed by atoms with Crippen LogP contribution in [-0.2, 0) is 9.47 Å². The van der Waals surface area contributed by atoms with E-state index in [0.717, 1.165) is 38.5 Å². The number of ether oxygens (including phenoxy) is 2. The lowest BCUT2D eigenvalue weighted by Gasteiger charge is -2.67. The largest absolute Gasteiger partial charge is 0.394 e. The van der Waals surface area contributed by atoms with Crippen LogP contribution in [0.2, 0.25) is 0 Å². The molecule has 7 N–H and O–H groups in total. The van der Waals surface area contributed by atoms with Gasteiger partial charge in [-0.3, -0.25) is 0 Å². The van der Waals surface area contributed by atoms with E-state index in [0.29, 0.717) is 30.6 Å². The maximum Gasteiger partial charge on any atom is 0.187 e. The fourth-order valence-electron chi connectivity index (χ4n) is 11.2. The summed E-state index contributed by atoms with van der Waals surface area (Å²) in [4.78, 5) is 0. The molecule has 0 amide bonds. The number of aliphatic hydroxyl groups is 7. The first-order chi connectivity index (χ1) is 20.7. The Hall–Kier alpha value is -0.620. The number of hydrogen-bond donors (Lipinski definition) is 7. The maximum atomic E-state index is 12.2. The van der Waals surface area contributed by atoms with Crippen LogP contribution in [0.15, 0.2) is 11.6 Å². The highest BCUT2D eigenvalue weighted by atomic mass is 16.7. The second kappa shape index (κ2) is 12.1. The predicted octanol–water partition coefficient (Wildman–Crippen LogP) is 3.30. The molecule has 1 unspecified atom stereocenters. The van der Waals surface area contributed by atoms with Gasteiger partial charge in [0.1, 0.15) is 24.4 Å². The molecule has 1 saturated heterocycles. The van der Waals surface area contributed by atoms with Gasteiger partial charge in [-0.1, -0.05) is 53.2 Å². The van der Waals surface area contributed by atoms with Crippen molar-refractivity contribution in [3.8, 4) is 0 Å². The monoisotopic (exact) mass is 638 g/mol. The lowest BCUT2D eigenvalue weighted by molar-refractivity contribution is -0.320. The lowest BCUT2D eigenvalue weighted by atomic mass is 9.38. The van der Waals surface area contributed by atoms with Crippen LogP contribution in [0.5, 0.6) is 0 Å². The van der Waals surface area contributed by atoms with E-state index in [2.05, 4.69) is 47.6 Å². The van der Waals surface area contributed by atoms with Crippen LogP contribution in [0.25, 0.3) is 0 Å². The lowest BCUT2D eigenvalue weighted by Crippen LogP contribution is -2.65. The van der Waals surface area contributed by atoms with E-state index in [4.69, 9.17) is 9.47 Å². The zero-order chi connectivity index (χ0) is 33.5. The summed E-state index contributed by atoms with van der Waals surface area (Å²) < 4.78 is 12.1. The standard InChI is InChI=1S/C36H62O9/c1-19(9-13-25(38)33(4,5)43)20-15-16-34(6)24-12-10-21-22(36(24,8)26(39)17-35(20,34)7)11-14-27(32(21,2)3)45-31-30(42)29(41)28(40)23(18-37)44-31/h10,19-20,22-31,37-43H,9,11-18H2,1-8H3/t19-,20-,22-,23-,24?,25-,26-,27+,28-,29+,30-,31+,34+,35-,36+/m1/s1. The third kappa shape index (κ3) is 5.48. The molecule has 1 aliphatic heterocycles. The Labute approximate surface area is 270 Å². The summed E-state index contributed by atoms with van der Waals surface area (Å²) in [5, 5.41) is 73.9. The third-order valence-electron chi connectivity index (χ3n) is 14.5. The predicted molar refractivity (Wildman–Crippen MR) is 170 cm³/mol. The molecule has 5 aliphatic rings. The summed E-state index contributed by atoms with van der Waals surface area (Å²) in [5.41, 5.74) is -0.568. The molecule has 0 radical (unpaired) electrons. The maximum absolute atomic E-state index is 12.2. The highest BCUT2D eigenvalue weighted by Crippen LogP contribution is 2.75. The van der Waals surface area contributed by atoms with Crippen LogP contribution in [0.4, 0.5) is 0 Å². The van der Waals surface area contributed by atoms with Crippen molar-refractivity contribution in [3.05, 3.63) is 11.6 Å². The van der Waals surface area contributed by atoms with Crippen LogP contribution in [-0.4, -0.2) is 97.0 Å². The second-order valence-corrected chi connectivity index (χ2v) is 17.4. The Morgan fingerprint density at radius 1 is 0.956 bits per heavy atom. The Bertz CT molecular complexity index is 1100. The molecule has 3 saturated carbocycles. The summed E-state index contributed by atoms with van der Waals surface area (Å²) in [6.45, 7) is 16.6. The van der Waals surface area contributed by atoms with Crippen molar-refractivity contribution in [1.82, 2.24) is 0 Å². The Balaban J connectivity index is 1.37. The van der Waals surface area contributed by atoms with E-state index in [-0.39, 0.29) is 28.3 Å². The number of fused-ring (bicyclic) bond motifs is 5. The van der Waals surface area contributed by atoms with E-state index in [9.17, 15) is 35.7 Å². The summed E-state index contributed by atoms with van der Waals surface area (Å²) in [6, 6.07) is 0. The van der Waals surface area contributed by atoms with Gasteiger partial charge in [0.25, 0.3) is 0 Å². The van der Waals surface area contributed by atoms with Gasteiger partial charge < -0.3 is 45.2 Å². The third-order valence-corrected chi connectivity index (χ3v) is 14.5. The van der Waals surface area contributed by atoms with Crippen LogP contribution in [0.3, 0.4) is 0 Å². The van der Waals surface area contributed by atoms with Crippen molar-refractivity contribution in [1.29, 1.82) is 0 Å². The summed E-state index contributed by atoms with van der Waals surface area (Å²) in [6.07, 6.45) is 1.08. The highest BCUT2D eigenvalue weighted by molar-refractivity contribution is 5.31. The minimum atomic E-state index is -1.48. The van der Waals surface area contributed by atoms with Gasteiger partial charge >= 0.3 is 0 Å². The van der Waals surface area contributed by atoms with E-state index in [1.54, 1.807) is 13.8 Å². The molecule has 0 aromatic heterocycles. The fraction of sp³-hybridized carbons (Fsp3) is 0.944. The molecule has 9 heteroatoms. The van der Waals surface area contributed by atoms with Gasteiger partial charge in [0.05, 0.1) is 30.5 Å². The van der Waals surface area contributed by atoms with Gasteiger partial charge in [-0.2, -0.15) is 0 Å². The van der Waals surface area contributed by atoms with E-state index >= 15 is 0 Å². The second-order valence-electron chi connectivity index (χ2n) is 17.4. The van der Waals surface area contributed by atoms with Gasteiger partial charge in [-0.25, -0.2) is 0 Å². The fourth-order valence-corrected chi connectivity index (χ4v) is 11.2. The molecule has 260 valence electrons. The smallest absolute Gasteiger partial charge is 0.187 e. The molecule has 1 heterocycles.